The molecule has 0 spiro atoms. The summed E-state index contributed by atoms with van der Waals surface area (Å²) in [6, 6.07) is 20.7. The Balaban J connectivity index is 1.56. The standard InChI is InChI=1S/C25H24N2O5/c1-3-16-32-22-14-12-18(13-15-22)17-4-6-19(7-5-17)23(28)26-27-24(29)20-8-10-21(11-9-20)25(30)31-2/h4-15H,3,16H2,1-2H3,(H,26,28)(H,27,29). The van der Waals surface area contributed by atoms with E-state index in [1.54, 1.807) is 12.1 Å². The van der Waals surface area contributed by atoms with Gasteiger partial charge in [-0.15, -0.1) is 0 Å². The molecule has 0 fully saturated rings. The molecule has 2 amide bonds. The highest BCUT2D eigenvalue weighted by Gasteiger charge is 2.11. The van der Waals surface area contributed by atoms with Crippen molar-refractivity contribution in [3.05, 3.63) is 89.5 Å². The molecule has 0 saturated heterocycles. The van der Waals surface area contributed by atoms with E-state index in [1.165, 1.54) is 31.4 Å². The molecular weight excluding hydrogens is 408 g/mol. The van der Waals surface area contributed by atoms with E-state index >= 15 is 0 Å². The van der Waals surface area contributed by atoms with E-state index in [9.17, 15) is 14.4 Å². The summed E-state index contributed by atoms with van der Waals surface area (Å²) in [6.07, 6.45) is 0.952. The minimum absolute atomic E-state index is 0.291. The van der Waals surface area contributed by atoms with Gasteiger partial charge in [-0.1, -0.05) is 31.2 Å². The molecule has 32 heavy (non-hydrogen) atoms. The fourth-order valence-electron chi connectivity index (χ4n) is 2.91. The topological polar surface area (TPSA) is 93.7 Å². The number of carbonyl (C=O) groups excluding carboxylic acids is 3. The first-order valence-corrected chi connectivity index (χ1v) is 10.1. The van der Waals surface area contributed by atoms with Crippen molar-refractivity contribution in [3.8, 4) is 16.9 Å². The van der Waals surface area contributed by atoms with Crippen molar-refractivity contribution in [1.29, 1.82) is 0 Å². The summed E-state index contributed by atoms with van der Waals surface area (Å²) in [7, 11) is 1.28. The number of hydrogen-bond donors (Lipinski definition) is 2. The summed E-state index contributed by atoms with van der Waals surface area (Å²) in [5.74, 6) is -0.618. The Bertz CT molecular complexity index is 1070. The van der Waals surface area contributed by atoms with E-state index in [1.807, 2.05) is 36.4 Å². The van der Waals surface area contributed by atoms with Gasteiger partial charge < -0.3 is 9.47 Å². The second kappa shape index (κ2) is 10.8. The predicted molar refractivity (Wildman–Crippen MR) is 120 cm³/mol. The van der Waals surface area contributed by atoms with Gasteiger partial charge in [-0.3, -0.25) is 20.4 Å². The highest BCUT2D eigenvalue weighted by molar-refractivity contribution is 6.00. The van der Waals surface area contributed by atoms with Gasteiger partial charge in [-0.2, -0.15) is 0 Å². The summed E-state index contributed by atoms with van der Waals surface area (Å²) in [5.41, 5.74) is 7.73. The van der Waals surface area contributed by atoms with Gasteiger partial charge in [0, 0.05) is 11.1 Å². The average Bonchev–Trinajstić information content (AvgIpc) is 2.85. The molecule has 0 aromatic heterocycles. The third kappa shape index (κ3) is 5.72. The maximum Gasteiger partial charge on any atom is 0.337 e. The van der Waals surface area contributed by atoms with Crippen molar-refractivity contribution in [1.82, 2.24) is 10.9 Å². The Hall–Kier alpha value is -4.13. The number of carbonyl (C=O) groups is 3. The molecule has 0 radical (unpaired) electrons. The van der Waals surface area contributed by atoms with E-state index < -0.39 is 17.8 Å². The fraction of sp³-hybridized carbons (Fsp3) is 0.160. The zero-order chi connectivity index (χ0) is 22.9. The van der Waals surface area contributed by atoms with Gasteiger partial charge in [0.1, 0.15) is 5.75 Å². The van der Waals surface area contributed by atoms with Crippen molar-refractivity contribution in [2.45, 2.75) is 13.3 Å². The number of ether oxygens (including phenoxy) is 2. The number of methoxy groups -OCH3 is 1. The quantitative estimate of drug-likeness (QED) is 0.435. The number of nitrogens with one attached hydrogen (secondary N) is 2. The molecule has 0 aliphatic rings. The lowest BCUT2D eigenvalue weighted by atomic mass is 10.0. The molecule has 7 nitrogen and oxygen atoms in total. The summed E-state index contributed by atoms with van der Waals surface area (Å²) >= 11 is 0. The molecule has 2 N–H and O–H groups in total. The third-order valence-electron chi connectivity index (χ3n) is 4.67. The van der Waals surface area contributed by atoms with Gasteiger partial charge in [-0.05, 0) is 66.1 Å². The lowest BCUT2D eigenvalue weighted by Crippen LogP contribution is -2.41. The monoisotopic (exact) mass is 432 g/mol. The van der Waals surface area contributed by atoms with Crippen LogP contribution in [-0.4, -0.2) is 31.5 Å². The zero-order valence-corrected chi connectivity index (χ0v) is 17.9. The van der Waals surface area contributed by atoms with Gasteiger partial charge in [0.25, 0.3) is 11.8 Å². The molecule has 0 aliphatic heterocycles. The highest BCUT2D eigenvalue weighted by atomic mass is 16.5. The third-order valence-corrected chi connectivity index (χ3v) is 4.67. The molecule has 0 bridgehead atoms. The summed E-state index contributed by atoms with van der Waals surface area (Å²) in [5, 5.41) is 0. The normalized spacial score (nSPS) is 10.2. The van der Waals surface area contributed by atoms with Crippen LogP contribution in [0.4, 0.5) is 0 Å². The Morgan fingerprint density at radius 2 is 1.12 bits per heavy atom. The maximum absolute atomic E-state index is 12.4. The van der Waals surface area contributed by atoms with Crippen LogP contribution in [0.3, 0.4) is 0 Å². The van der Waals surface area contributed by atoms with Crippen molar-refractivity contribution in [3.63, 3.8) is 0 Å². The summed E-state index contributed by atoms with van der Waals surface area (Å²) in [6.45, 7) is 2.74. The van der Waals surface area contributed by atoms with Crippen LogP contribution in [0.15, 0.2) is 72.8 Å². The van der Waals surface area contributed by atoms with E-state index in [0.717, 1.165) is 23.3 Å². The van der Waals surface area contributed by atoms with Gasteiger partial charge in [-0.25, -0.2) is 4.79 Å². The highest BCUT2D eigenvalue weighted by Crippen LogP contribution is 2.23. The molecule has 3 aromatic carbocycles. The lowest BCUT2D eigenvalue weighted by molar-refractivity contribution is 0.0600. The second-order valence-electron chi connectivity index (χ2n) is 6.93. The lowest BCUT2D eigenvalue weighted by Gasteiger charge is -2.09. The van der Waals surface area contributed by atoms with Crippen LogP contribution in [0.2, 0.25) is 0 Å². The Labute approximate surface area is 186 Å². The number of rotatable bonds is 7. The molecule has 164 valence electrons. The number of hydrogen-bond acceptors (Lipinski definition) is 5. The first-order valence-electron chi connectivity index (χ1n) is 10.1. The predicted octanol–water partition coefficient (Wildman–Crippen LogP) is 4.00. The van der Waals surface area contributed by atoms with Gasteiger partial charge in [0.2, 0.25) is 0 Å². The molecule has 0 heterocycles. The van der Waals surface area contributed by atoms with Crippen molar-refractivity contribution in [2.24, 2.45) is 0 Å². The first kappa shape index (κ1) is 22.6. The Morgan fingerprint density at radius 3 is 1.59 bits per heavy atom. The molecule has 0 unspecified atom stereocenters. The SMILES string of the molecule is CCCOc1ccc(-c2ccc(C(=O)NNC(=O)c3ccc(C(=O)OC)cc3)cc2)cc1. The minimum Gasteiger partial charge on any atom is -0.494 e. The molecule has 7 heteroatoms. The zero-order valence-electron chi connectivity index (χ0n) is 17.9. The molecule has 0 aliphatic carbocycles. The second-order valence-corrected chi connectivity index (χ2v) is 6.93. The number of esters is 1. The van der Waals surface area contributed by atoms with E-state index in [2.05, 4.69) is 22.5 Å². The molecule has 0 saturated carbocycles. The molecule has 3 rings (SSSR count). The molecular formula is C25H24N2O5. The van der Waals surface area contributed by atoms with Crippen LogP contribution in [0, 0.1) is 0 Å². The van der Waals surface area contributed by atoms with Crippen LogP contribution in [-0.2, 0) is 4.74 Å². The number of hydrazine groups is 1. The summed E-state index contributed by atoms with van der Waals surface area (Å²) in [4.78, 5) is 36.0. The fourth-order valence-corrected chi connectivity index (χ4v) is 2.91. The Kier molecular flexibility index (Phi) is 7.59. The van der Waals surface area contributed by atoms with Crippen LogP contribution in [0.25, 0.3) is 11.1 Å². The van der Waals surface area contributed by atoms with Crippen LogP contribution in [0.5, 0.6) is 5.75 Å². The van der Waals surface area contributed by atoms with Crippen LogP contribution >= 0.6 is 0 Å². The van der Waals surface area contributed by atoms with Crippen molar-refractivity contribution >= 4 is 17.8 Å². The number of benzene rings is 3. The minimum atomic E-state index is -0.503. The van der Waals surface area contributed by atoms with Gasteiger partial charge >= 0.3 is 5.97 Å². The van der Waals surface area contributed by atoms with Crippen LogP contribution < -0.4 is 15.6 Å². The molecule has 0 atom stereocenters. The Morgan fingerprint density at radius 1 is 0.688 bits per heavy atom. The maximum atomic E-state index is 12.4. The van der Waals surface area contributed by atoms with E-state index in [4.69, 9.17) is 4.74 Å². The van der Waals surface area contributed by atoms with Gasteiger partial charge in [0.05, 0.1) is 19.3 Å². The average molecular weight is 432 g/mol. The molecule has 3 aromatic rings. The van der Waals surface area contributed by atoms with Gasteiger partial charge in [0.15, 0.2) is 0 Å². The largest absolute Gasteiger partial charge is 0.494 e. The first-order chi connectivity index (χ1) is 15.5. The van der Waals surface area contributed by atoms with Crippen molar-refractivity contribution < 1.29 is 23.9 Å². The van der Waals surface area contributed by atoms with Crippen LogP contribution in [0.1, 0.15) is 44.4 Å². The van der Waals surface area contributed by atoms with E-state index in [0.29, 0.717) is 23.3 Å². The summed E-state index contributed by atoms with van der Waals surface area (Å²) < 4.78 is 10.2. The number of amides is 2. The smallest absolute Gasteiger partial charge is 0.337 e. The van der Waals surface area contributed by atoms with Crippen molar-refractivity contribution in [2.75, 3.05) is 13.7 Å². The van der Waals surface area contributed by atoms with E-state index in [-0.39, 0.29) is 0 Å².